The van der Waals surface area contributed by atoms with Crippen LogP contribution in [0.1, 0.15) is 24.7 Å². The molecule has 1 saturated heterocycles. The number of carbonyl (C=O) groups is 2. The fraction of sp³-hybridized carbons (Fsp3) is 0.167. The third kappa shape index (κ3) is 3.12. The number of thioether (sulfide) groups is 1. The molecule has 1 aliphatic heterocycles. The Balaban J connectivity index is 1.82. The van der Waals surface area contributed by atoms with Gasteiger partial charge in [-0.2, -0.15) is 5.26 Å². The predicted octanol–water partition coefficient (Wildman–Crippen LogP) is 4.26. The molecule has 1 aliphatic rings. The summed E-state index contributed by atoms with van der Waals surface area (Å²) < 4.78 is 5.73. The molecule has 0 radical (unpaired) electrons. The van der Waals surface area contributed by atoms with Crippen molar-refractivity contribution in [3.05, 3.63) is 52.6 Å². The lowest BCUT2D eigenvalue weighted by molar-refractivity contribution is -0.122. The van der Waals surface area contributed by atoms with Gasteiger partial charge in [0.1, 0.15) is 11.5 Å². The zero-order valence-electron chi connectivity index (χ0n) is 13.0. The fourth-order valence-electron chi connectivity index (χ4n) is 2.34. The van der Waals surface area contributed by atoms with E-state index in [1.54, 1.807) is 42.5 Å². The second kappa shape index (κ2) is 6.77. The lowest BCUT2D eigenvalue weighted by atomic mass is 10.1. The van der Waals surface area contributed by atoms with Crippen LogP contribution < -0.4 is 0 Å². The summed E-state index contributed by atoms with van der Waals surface area (Å²) >= 11 is 0.929. The van der Waals surface area contributed by atoms with Crippen molar-refractivity contribution in [2.45, 2.75) is 13.3 Å². The molecule has 5 nitrogen and oxygen atoms in total. The summed E-state index contributed by atoms with van der Waals surface area (Å²) in [5, 5.41) is 8.58. The maximum atomic E-state index is 12.2. The van der Waals surface area contributed by atoms with E-state index in [0.29, 0.717) is 28.5 Å². The number of hydrogen-bond donors (Lipinski definition) is 0. The average Bonchev–Trinajstić information content (AvgIpc) is 3.16. The molecule has 2 aromatic rings. The number of nitriles is 1. The summed E-state index contributed by atoms with van der Waals surface area (Å²) in [6, 6.07) is 12.6. The van der Waals surface area contributed by atoms with Crippen LogP contribution in [-0.2, 0) is 4.79 Å². The van der Waals surface area contributed by atoms with Gasteiger partial charge in [-0.1, -0.05) is 6.92 Å². The third-order valence-corrected chi connectivity index (χ3v) is 4.43. The van der Waals surface area contributed by atoms with Gasteiger partial charge < -0.3 is 4.42 Å². The number of benzene rings is 1. The van der Waals surface area contributed by atoms with Gasteiger partial charge in [0, 0.05) is 18.2 Å². The Bertz CT molecular complexity index is 859. The van der Waals surface area contributed by atoms with E-state index in [9.17, 15) is 9.59 Å². The molecular weight excluding hydrogens is 324 g/mol. The van der Waals surface area contributed by atoms with E-state index in [1.165, 1.54) is 4.90 Å². The van der Waals surface area contributed by atoms with E-state index < -0.39 is 0 Å². The summed E-state index contributed by atoms with van der Waals surface area (Å²) in [6.45, 7) is 2.35. The molecule has 0 aliphatic carbocycles. The molecule has 1 aromatic heterocycles. The number of carbonyl (C=O) groups excluding carboxylic acids is 2. The summed E-state index contributed by atoms with van der Waals surface area (Å²) in [5.41, 5.74) is 1.42. The number of amides is 2. The molecule has 24 heavy (non-hydrogen) atoms. The number of hydrogen-bond acceptors (Lipinski definition) is 5. The molecule has 1 fully saturated rings. The Hall–Kier alpha value is -2.78. The van der Waals surface area contributed by atoms with E-state index in [2.05, 4.69) is 6.07 Å². The highest BCUT2D eigenvalue weighted by molar-refractivity contribution is 8.18. The van der Waals surface area contributed by atoms with Crippen molar-refractivity contribution in [2.24, 2.45) is 0 Å². The van der Waals surface area contributed by atoms with Gasteiger partial charge in [0.2, 0.25) is 0 Å². The SMILES string of the molecule is CCCN1C(=O)S/C(=C\c2ccc(-c3ccc(C#N)cc3)o2)C1=O. The first-order valence-electron chi connectivity index (χ1n) is 7.48. The Morgan fingerprint density at radius 1 is 1.21 bits per heavy atom. The third-order valence-electron chi connectivity index (χ3n) is 3.52. The van der Waals surface area contributed by atoms with E-state index in [4.69, 9.17) is 9.68 Å². The van der Waals surface area contributed by atoms with Crippen molar-refractivity contribution < 1.29 is 14.0 Å². The minimum atomic E-state index is -0.275. The van der Waals surface area contributed by atoms with Crippen molar-refractivity contribution >= 4 is 29.0 Å². The minimum absolute atomic E-state index is 0.244. The summed E-state index contributed by atoms with van der Waals surface area (Å²) in [4.78, 5) is 25.7. The number of rotatable bonds is 4. The van der Waals surface area contributed by atoms with Gasteiger partial charge in [0.05, 0.1) is 16.5 Å². The minimum Gasteiger partial charge on any atom is -0.457 e. The van der Waals surface area contributed by atoms with E-state index >= 15 is 0 Å². The highest BCUT2D eigenvalue weighted by Crippen LogP contribution is 2.33. The quantitative estimate of drug-likeness (QED) is 0.779. The van der Waals surface area contributed by atoms with Crippen LogP contribution >= 0.6 is 11.8 Å². The topological polar surface area (TPSA) is 74.3 Å². The maximum Gasteiger partial charge on any atom is 0.293 e. The molecule has 0 atom stereocenters. The van der Waals surface area contributed by atoms with Crippen LogP contribution in [0.2, 0.25) is 0 Å². The zero-order chi connectivity index (χ0) is 17.1. The molecular formula is C18H14N2O3S. The van der Waals surface area contributed by atoms with Crippen LogP contribution in [0, 0.1) is 11.3 Å². The first-order valence-corrected chi connectivity index (χ1v) is 8.29. The lowest BCUT2D eigenvalue weighted by Crippen LogP contribution is -2.28. The normalized spacial score (nSPS) is 16.0. The number of nitrogens with zero attached hydrogens (tertiary/aromatic N) is 2. The summed E-state index contributed by atoms with van der Waals surface area (Å²) in [7, 11) is 0. The van der Waals surface area contributed by atoms with Crippen molar-refractivity contribution in [1.82, 2.24) is 4.90 Å². The van der Waals surface area contributed by atoms with Crippen LogP contribution in [0.4, 0.5) is 4.79 Å². The first-order chi connectivity index (χ1) is 11.6. The lowest BCUT2D eigenvalue weighted by Gasteiger charge is -2.09. The molecule has 3 rings (SSSR count). The van der Waals surface area contributed by atoms with Crippen LogP contribution in [0.25, 0.3) is 17.4 Å². The number of imide groups is 1. The highest BCUT2D eigenvalue weighted by Gasteiger charge is 2.34. The second-order valence-electron chi connectivity index (χ2n) is 5.22. The standard InChI is InChI=1S/C18H14N2O3S/c1-2-9-20-17(21)16(24-18(20)22)10-14-7-8-15(23-14)13-5-3-12(11-19)4-6-13/h3-8,10H,2,9H2,1H3/b16-10-. The van der Waals surface area contributed by atoms with Crippen molar-refractivity contribution in [3.63, 3.8) is 0 Å². The maximum absolute atomic E-state index is 12.2. The monoisotopic (exact) mass is 338 g/mol. The molecule has 0 spiro atoms. The number of furan rings is 1. The van der Waals surface area contributed by atoms with E-state index in [-0.39, 0.29) is 11.1 Å². The van der Waals surface area contributed by atoms with Gasteiger partial charge in [-0.25, -0.2) is 0 Å². The largest absolute Gasteiger partial charge is 0.457 e. The van der Waals surface area contributed by atoms with Gasteiger partial charge in [0.15, 0.2) is 0 Å². The Morgan fingerprint density at radius 2 is 1.96 bits per heavy atom. The molecule has 1 aromatic carbocycles. The van der Waals surface area contributed by atoms with Crippen LogP contribution in [0.3, 0.4) is 0 Å². The Labute approximate surface area is 143 Å². The second-order valence-corrected chi connectivity index (χ2v) is 6.22. The van der Waals surface area contributed by atoms with Gasteiger partial charge in [-0.15, -0.1) is 0 Å². The zero-order valence-corrected chi connectivity index (χ0v) is 13.8. The fourth-order valence-corrected chi connectivity index (χ4v) is 3.19. The Morgan fingerprint density at radius 3 is 2.62 bits per heavy atom. The summed E-state index contributed by atoms with van der Waals surface area (Å²) in [6.07, 6.45) is 2.32. The highest BCUT2D eigenvalue weighted by atomic mass is 32.2. The van der Waals surface area contributed by atoms with Gasteiger partial charge in [-0.3, -0.25) is 14.5 Å². The predicted molar refractivity (Wildman–Crippen MR) is 91.8 cm³/mol. The van der Waals surface area contributed by atoms with Crippen LogP contribution in [0.5, 0.6) is 0 Å². The van der Waals surface area contributed by atoms with Gasteiger partial charge in [0.25, 0.3) is 11.1 Å². The van der Waals surface area contributed by atoms with Gasteiger partial charge >= 0.3 is 0 Å². The smallest absolute Gasteiger partial charge is 0.293 e. The van der Waals surface area contributed by atoms with Gasteiger partial charge in [-0.05, 0) is 54.6 Å². The van der Waals surface area contributed by atoms with Crippen LogP contribution in [-0.4, -0.2) is 22.6 Å². The molecule has 2 amide bonds. The molecule has 0 N–H and O–H groups in total. The van der Waals surface area contributed by atoms with Crippen molar-refractivity contribution in [3.8, 4) is 17.4 Å². The molecule has 0 bridgehead atoms. The van der Waals surface area contributed by atoms with Crippen molar-refractivity contribution in [1.29, 1.82) is 5.26 Å². The van der Waals surface area contributed by atoms with E-state index in [0.717, 1.165) is 23.7 Å². The molecule has 0 saturated carbocycles. The summed E-state index contributed by atoms with van der Waals surface area (Å²) in [5.74, 6) is 0.873. The van der Waals surface area contributed by atoms with Crippen molar-refractivity contribution in [2.75, 3.05) is 6.54 Å². The molecule has 6 heteroatoms. The molecule has 0 unspecified atom stereocenters. The molecule has 2 heterocycles. The Kier molecular flexibility index (Phi) is 4.54. The van der Waals surface area contributed by atoms with E-state index in [1.807, 2.05) is 6.92 Å². The van der Waals surface area contributed by atoms with Crippen LogP contribution in [0.15, 0.2) is 45.7 Å². The average molecular weight is 338 g/mol. The first kappa shape index (κ1) is 16.1. The molecule has 120 valence electrons.